The van der Waals surface area contributed by atoms with E-state index in [1.54, 1.807) is 6.92 Å². The van der Waals surface area contributed by atoms with Crippen molar-refractivity contribution in [2.45, 2.75) is 44.1 Å². The summed E-state index contributed by atoms with van der Waals surface area (Å²) >= 11 is 1.47. The fraction of sp³-hybridized carbons (Fsp3) is 0.714. The van der Waals surface area contributed by atoms with Gasteiger partial charge >= 0.3 is 0 Å². The Morgan fingerprint density at radius 3 is 2.55 bits per heavy atom. The van der Waals surface area contributed by atoms with Crippen molar-refractivity contribution in [3.05, 3.63) is 0 Å². The van der Waals surface area contributed by atoms with Crippen molar-refractivity contribution >= 4 is 35.4 Å². The number of likely N-dealkylation sites (N-methyl/N-ethyl adjacent to an activating group) is 1. The first kappa shape index (κ1) is 18.5. The van der Waals surface area contributed by atoms with E-state index < -0.39 is 0 Å². The maximum Gasteiger partial charge on any atom is 0.242 e. The Morgan fingerprint density at radius 1 is 1.27 bits per heavy atom. The number of imide groups is 1. The van der Waals surface area contributed by atoms with E-state index in [2.05, 4.69) is 10.6 Å². The molecule has 1 fully saturated rings. The van der Waals surface area contributed by atoms with E-state index >= 15 is 0 Å². The molecule has 1 heterocycles. The molecule has 1 aliphatic rings. The highest BCUT2D eigenvalue weighted by molar-refractivity contribution is 8.01. The molecule has 0 aromatic carbocycles. The first-order valence-electron chi connectivity index (χ1n) is 7.38. The number of likely N-dealkylation sites (tertiary alicyclic amines) is 1. The second-order valence-corrected chi connectivity index (χ2v) is 7.03. The van der Waals surface area contributed by atoms with Crippen LogP contribution in [0.25, 0.3) is 0 Å². The molecule has 1 atom stereocenters. The van der Waals surface area contributed by atoms with Gasteiger partial charge in [0.2, 0.25) is 23.6 Å². The Morgan fingerprint density at radius 2 is 1.95 bits per heavy atom. The number of rotatable bonds is 8. The number of thioether (sulfide) groups is 1. The van der Waals surface area contributed by atoms with Crippen LogP contribution in [0.1, 0.15) is 33.6 Å². The summed E-state index contributed by atoms with van der Waals surface area (Å²) in [7, 11) is 0. The molecule has 1 saturated heterocycles. The predicted octanol–water partition coefficient (Wildman–Crippen LogP) is -0.102. The van der Waals surface area contributed by atoms with Gasteiger partial charge in [-0.25, -0.2) is 0 Å². The van der Waals surface area contributed by atoms with E-state index in [1.165, 1.54) is 11.8 Å². The maximum absolute atomic E-state index is 12.1. The second-order valence-electron chi connectivity index (χ2n) is 5.24. The molecule has 22 heavy (non-hydrogen) atoms. The van der Waals surface area contributed by atoms with E-state index in [4.69, 9.17) is 0 Å². The summed E-state index contributed by atoms with van der Waals surface area (Å²) in [5.41, 5.74) is 0. The number of hydrogen-bond donors (Lipinski definition) is 2. The lowest BCUT2D eigenvalue weighted by molar-refractivity contribution is -0.138. The molecule has 0 aromatic heterocycles. The molecule has 124 valence electrons. The smallest absolute Gasteiger partial charge is 0.242 e. The summed E-state index contributed by atoms with van der Waals surface area (Å²) in [5.74, 6) is -1.08. The number of carbonyl (C=O) groups excluding carboxylic acids is 4. The monoisotopic (exact) mass is 329 g/mol. The molecule has 7 nitrogen and oxygen atoms in total. The van der Waals surface area contributed by atoms with Gasteiger partial charge in [-0.1, -0.05) is 13.8 Å². The minimum atomic E-state index is -0.355. The fourth-order valence-corrected chi connectivity index (χ4v) is 3.20. The zero-order valence-electron chi connectivity index (χ0n) is 13.2. The Balaban J connectivity index is 2.37. The van der Waals surface area contributed by atoms with Crippen LogP contribution in [0.2, 0.25) is 0 Å². The molecule has 8 heteroatoms. The summed E-state index contributed by atoms with van der Waals surface area (Å²) in [5, 5.41) is 4.94. The molecular weight excluding hydrogens is 306 g/mol. The van der Waals surface area contributed by atoms with Crippen molar-refractivity contribution in [1.82, 2.24) is 15.5 Å². The standard InChI is InChI=1S/C14H23N3O4S/c1-4-15-12(19)8-16-11(18)5-6-17-13(20)7-10(14(17)21)22-9(2)3/h9-10H,4-8H2,1-3H3,(H,15,19)(H,16,18). The first-order chi connectivity index (χ1) is 10.3. The van der Waals surface area contributed by atoms with Gasteiger partial charge < -0.3 is 10.6 Å². The van der Waals surface area contributed by atoms with Crippen LogP contribution in [0.4, 0.5) is 0 Å². The van der Waals surface area contributed by atoms with E-state index in [-0.39, 0.29) is 60.1 Å². The molecule has 0 radical (unpaired) electrons. The Bertz CT molecular complexity index is 453. The molecule has 1 unspecified atom stereocenters. The summed E-state index contributed by atoms with van der Waals surface area (Å²) in [4.78, 5) is 47.9. The van der Waals surface area contributed by atoms with Gasteiger partial charge in [0.05, 0.1) is 11.8 Å². The first-order valence-corrected chi connectivity index (χ1v) is 8.32. The van der Waals surface area contributed by atoms with Gasteiger partial charge in [-0.05, 0) is 12.2 Å². The van der Waals surface area contributed by atoms with Crippen LogP contribution < -0.4 is 10.6 Å². The van der Waals surface area contributed by atoms with Gasteiger partial charge in [-0.2, -0.15) is 0 Å². The highest BCUT2D eigenvalue weighted by atomic mass is 32.2. The van der Waals surface area contributed by atoms with Gasteiger partial charge in [0.1, 0.15) is 0 Å². The quantitative estimate of drug-likeness (QED) is 0.606. The zero-order chi connectivity index (χ0) is 16.7. The van der Waals surface area contributed by atoms with E-state index in [0.29, 0.717) is 6.54 Å². The SMILES string of the molecule is CCNC(=O)CNC(=O)CCN1C(=O)CC(SC(C)C)C1=O. The average Bonchev–Trinajstić information content (AvgIpc) is 2.69. The van der Waals surface area contributed by atoms with Crippen LogP contribution in [-0.2, 0) is 19.2 Å². The van der Waals surface area contributed by atoms with Gasteiger partial charge in [0, 0.05) is 25.9 Å². The minimum Gasteiger partial charge on any atom is -0.355 e. The Labute approximate surface area is 134 Å². The topological polar surface area (TPSA) is 95.6 Å². The molecule has 0 saturated carbocycles. The second kappa shape index (κ2) is 8.77. The van der Waals surface area contributed by atoms with Crippen LogP contribution in [0.15, 0.2) is 0 Å². The summed E-state index contributed by atoms with van der Waals surface area (Å²) in [6.07, 6.45) is 0.207. The van der Waals surface area contributed by atoms with Crippen LogP contribution in [-0.4, -0.2) is 58.7 Å². The third kappa shape index (κ3) is 5.67. The molecule has 0 aromatic rings. The van der Waals surface area contributed by atoms with Crippen LogP contribution in [0.3, 0.4) is 0 Å². The largest absolute Gasteiger partial charge is 0.355 e. The number of amides is 4. The van der Waals surface area contributed by atoms with Crippen molar-refractivity contribution in [3.63, 3.8) is 0 Å². The highest BCUT2D eigenvalue weighted by Crippen LogP contribution is 2.28. The third-order valence-corrected chi connectivity index (χ3v) is 4.26. The van der Waals surface area contributed by atoms with Gasteiger partial charge in [0.15, 0.2) is 0 Å². The molecule has 0 bridgehead atoms. The summed E-state index contributed by atoms with van der Waals surface area (Å²) in [6, 6.07) is 0. The summed E-state index contributed by atoms with van der Waals surface area (Å²) < 4.78 is 0. The number of carbonyl (C=O) groups is 4. The van der Waals surface area contributed by atoms with Crippen molar-refractivity contribution in [1.29, 1.82) is 0 Å². The maximum atomic E-state index is 12.1. The minimum absolute atomic E-state index is 0.00987. The molecule has 0 aliphatic carbocycles. The lowest BCUT2D eigenvalue weighted by Gasteiger charge is -2.15. The highest BCUT2D eigenvalue weighted by Gasteiger charge is 2.39. The number of nitrogens with zero attached hydrogens (tertiary/aromatic N) is 1. The Kier molecular flexibility index (Phi) is 7.37. The van der Waals surface area contributed by atoms with Crippen molar-refractivity contribution in [2.24, 2.45) is 0 Å². The summed E-state index contributed by atoms with van der Waals surface area (Å²) in [6.45, 7) is 6.20. The van der Waals surface area contributed by atoms with Crippen LogP contribution in [0.5, 0.6) is 0 Å². The van der Waals surface area contributed by atoms with E-state index in [9.17, 15) is 19.2 Å². The normalized spacial score (nSPS) is 18.0. The van der Waals surface area contributed by atoms with Crippen LogP contribution >= 0.6 is 11.8 Å². The molecule has 4 amide bonds. The third-order valence-electron chi connectivity index (χ3n) is 3.02. The van der Waals surface area contributed by atoms with E-state index in [1.807, 2.05) is 13.8 Å². The lowest BCUT2D eigenvalue weighted by atomic mass is 10.3. The van der Waals surface area contributed by atoms with Gasteiger partial charge in [-0.15, -0.1) is 11.8 Å². The molecular formula is C14H23N3O4S. The molecule has 1 rings (SSSR count). The fourth-order valence-electron chi connectivity index (χ4n) is 2.06. The van der Waals surface area contributed by atoms with Crippen molar-refractivity contribution in [3.8, 4) is 0 Å². The van der Waals surface area contributed by atoms with Crippen molar-refractivity contribution in [2.75, 3.05) is 19.6 Å². The van der Waals surface area contributed by atoms with Gasteiger partial charge in [0.25, 0.3) is 0 Å². The zero-order valence-corrected chi connectivity index (χ0v) is 14.0. The predicted molar refractivity (Wildman–Crippen MR) is 84.2 cm³/mol. The lowest BCUT2D eigenvalue weighted by Crippen LogP contribution is -2.39. The van der Waals surface area contributed by atoms with Gasteiger partial charge in [-0.3, -0.25) is 24.1 Å². The molecule has 0 spiro atoms. The molecule has 1 aliphatic heterocycles. The molecule has 2 N–H and O–H groups in total. The van der Waals surface area contributed by atoms with Crippen molar-refractivity contribution < 1.29 is 19.2 Å². The van der Waals surface area contributed by atoms with E-state index in [0.717, 1.165) is 4.90 Å². The number of hydrogen-bond acceptors (Lipinski definition) is 5. The van der Waals surface area contributed by atoms with Crippen LogP contribution in [0, 0.1) is 0 Å². The number of nitrogens with one attached hydrogen (secondary N) is 2. The average molecular weight is 329 g/mol. The Hall–Kier alpha value is -1.57.